The summed E-state index contributed by atoms with van der Waals surface area (Å²) in [6.45, 7) is 1.02. The number of benzene rings is 2. The first-order valence-electron chi connectivity index (χ1n) is 7.54. The van der Waals surface area contributed by atoms with E-state index in [-0.39, 0.29) is 26.4 Å². The van der Waals surface area contributed by atoms with Crippen molar-refractivity contribution in [3.8, 4) is 0 Å². The first kappa shape index (κ1) is 14.0. The second kappa shape index (κ2) is 6.26. The van der Waals surface area contributed by atoms with E-state index in [9.17, 15) is 0 Å². The van der Waals surface area contributed by atoms with E-state index in [2.05, 4.69) is 0 Å². The number of hydrogen-bond donors (Lipinski definition) is 0. The van der Waals surface area contributed by atoms with Crippen molar-refractivity contribution in [2.45, 2.75) is 12.2 Å². The SMILES string of the molecule is c1ccc(B2OC[C@H]3OB(c4ccccc4)OC[C@@H]3O2)cc1. The van der Waals surface area contributed by atoms with Crippen molar-refractivity contribution in [3.63, 3.8) is 0 Å². The molecule has 0 spiro atoms. The van der Waals surface area contributed by atoms with Crippen LogP contribution in [0.3, 0.4) is 0 Å². The van der Waals surface area contributed by atoms with Crippen molar-refractivity contribution in [2.75, 3.05) is 13.2 Å². The molecule has 0 unspecified atom stereocenters. The largest absolute Gasteiger partial charge is 0.494 e. The van der Waals surface area contributed by atoms with Crippen molar-refractivity contribution in [2.24, 2.45) is 0 Å². The Morgan fingerprint density at radius 3 is 1.45 bits per heavy atom. The van der Waals surface area contributed by atoms with E-state index in [0.717, 1.165) is 10.9 Å². The van der Waals surface area contributed by atoms with Crippen LogP contribution in [0.15, 0.2) is 60.7 Å². The van der Waals surface area contributed by atoms with Gasteiger partial charge in [-0.05, 0) is 10.9 Å². The lowest BCUT2D eigenvalue weighted by Gasteiger charge is -2.40. The molecule has 2 aliphatic heterocycles. The van der Waals surface area contributed by atoms with E-state index >= 15 is 0 Å². The quantitative estimate of drug-likeness (QED) is 0.760. The zero-order chi connectivity index (χ0) is 14.8. The Morgan fingerprint density at radius 2 is 1.05 bits per heavy atom. The summed E-state index contributed by atoms with van der Waals surface area (Å²) >= 11 is 0. The van der Waals surface area contributed by atoms with E-state index in [1.807, 2.05) is 60.7 Å². The van der Waals surface area contributed by atoms with Gasteiger partial charge in [0.1, 0.15) is 0 Å². The average molecular weight is 294 g/mol. The van der Waals surface area contributed by atoms with Crippen LogP contribution in [0, 0.1) is 0 Å². The number of hydrogen-bond acceptors (Lipinski definition) is 4. The van der Waals surface area contributed by atoms with Crippen LogP contribution in [0.1, 0.15) is 0 Å². The van der Waals surface area contributed by atoms with Gasteiger partial charge >= 0.3 is 14.2 Å². The van der Waals surface area contributed by atoms with Crippen LogP contribution >= 0.6 is 0 Å². The molecule has 2 atom stereocenters. The van der Waals surface area contributed by atoms with Crippen molar-refractivity contribution < 1.29 is 18.6 Å². The van der Waals surface area contributed by atoms with Crippen LogP contribution < -0.4 is 10.9 Å². The molecule has 2 heterocycles. The van der Waals surface area contributed by atoms with Gasteiger partial charge in [-0.25, -0.2) is 0 Å². The maximum absolute atomic E-state index is 5.99. The molecule has 4 rings (SSSR count). The Labute approximate surface area is 130 Å². The summed E-state index contributed by atoms with van der Waals surface area (Å²) in [4.78, 5) is 0. The zero-order valence-corrected chi connectivity index (χ0v) is 12.1. The first-order chi connectivity index (χ1) is 10.9. The Kier molecular flexibility index (Phi) is 3.99. The fourth-order valence-corrected chi connectivity index (χ4v) is 2.80. The molecule has 0 amide bonds. The molecule has 2 saturated heterocycles. The summed E-state index contributed by atoms with van der Waals surface area (Å²) in [5.74, 6) is 0. The third kappa shape index (κ3) is 2.83. The molecule has 2 aliphatic rings. The first-order valence-corrected chi connectivity index (χ1v) is 7.54. The predicted molar refractivity (Wildman–Crippen MR) is 85.3 cm³/mol. The molecule has 2 fully saturated rings. The fourth-order valence-electron chi connectivity index (χ4n) is 2.80. The van der Waals surface area contributed by atoms with Crippen LogP contribution in [0.4, 0.5) is 0 Å². The molecule has 2 aromatic rings. The smallest absolute Gasteiger partial charge is 0.405 e. The highest BCUT2D eigenvalue weighted by molar-refractivity contribution is 6.62. The van der Waals surface area contributed by atoms with E-state index in [1.54, 1.807) is 0 Å². The van der Waals surface area contributed by atoms with Crippen LogP contribution in [-0.4, -0.2) is 39.7 Å². The number of fused-ring (bicyclic) bond motifs is 1. The Balaban J connectivity index is 1.43. The van der Waals surface area contributed by atoms with E-state index in [1.165, 1.54) is 0 Å². The highest BCUT2D eigenvalue weighted by Crippen LogP contribution is 2.20. The van der Waals surface area contributed by atoms with Gasteiger partial charge < -0.3 is 18.6 Å². The second-order valence-electron chi connectivity index (χ2n) is 5.50. The topological polar surface area (TPSA) is 36.9 Å². The normalized spacial score (nSPS) is 24.9. The minimum atomic E-state index is -0.345. The third-order valence-electron chi connectivity index (χ3n) is 3.98. The molecule has 0 aliphatic carbocycles. The zero-order valence-electron chi connectivity index (χ0n) is 12.1. The number of rotatable bonds is 2. The van der Waals surface area contributed by atoms with Gasteiger partial charge in [0.15, 0.2) is 0 Å². The maximum atomic E-state index is 5.99. The van der Waals surface area contributed by atoms with E-state index in [0.29, 0.717) is 13.2 Å². The van der Waals surface area contributed by atoms with Gasteiger partial charge in [0, 0.05) is 0 Å². The third-order valence-corrected chi connectivity index (χ3v) is 3.98. The molecule has 0 saturated carbocycles. The molecular weight excluding hydrogens is 278 g/mol. The molecule has 110 valence electrons. The molecule has 2 aromatic carbocycles. The van der Waals surface area contributed by atoms with E-state index < -0.39 is 0 Å². The molecule has 0 radical (unpaired) electrons. The van der Waals surface area contributed by atoms with Crippen LogP contribution in [0.2, 0.25) is 0 Å². The van der Waals surface area contributed by atoms with Gasteiger partial charge in [0.05, 0.1) is 25.4 Å². The van der Waals surface area contributed by atoms with Gasteiger partial charge in [-0.1, -0.05) is 60.7 Å². The molecular formula is C16H16B2O4. The fraction of sp³-hybridized carbons (Fsp3) is 0.250. The minimum Gasteiger partial charge on any atom is -0.405 e. The highest BCUT2D eigenvalue weighted by atomic mass is 16.7. The summed E-state index contributed by atoms with van der Waals surface area (Å²) in [5.41, 5.74) is 2.04. The maximum Gasteiger partial charge on any atom is 0.494 e. The van der Waals surface area contributed by atoms with Crippen LogP contribution in [-0.2, 0) is 18.6 Å². The Hall–Kier alpha value is -1.59. The predicted octanol–water partition coefficient (Wildman–Crippen LogP) is 0.608. The van der Waals surface area contributed by atoms with Gasteiger partial charge in [-0.2, -0.15) is 0 Å². The second-order valence-corrected chi connectivity index (χ2v) is 5.50. The summed E-state index contributed by atoms with van der Waals surface area (Å²) in [6.07, 6.45) is -0.196. The highest BCUT2D eigenvalue weighted by Gasteiger charge is 2.43. The molecule has 0 bridgehead atoms. The minimum absolute atomic E-state index is 0.0982. The van der Waals surface area contributed by atoms with E-state index in [4.69, 9.17) is 18.6 Å². The van der Waals surface area contributed by atoms with Crippen molar-refractivity contribution in [1.82, 2.24) is 0 Å². The molecule has 0 N–H and O–H groups in total. The van der Waals surface area contributed by atoms with Gasteiger partial charge in [-0.3, -0.25) is 0 Å². The average Bonchev–Trinajstić information content (AvgIpc) is 2.62. The molecule has 6 heteroatoms. The molecule has 4 nitrogen and oxygen atoms in total. The standard InChI is InChI=1S/C16H16B2O4/c1-3-7-13(8-4-1)17-19-11-16-15(21-17)12-20-18(22-16)14-9-5-2-6-10-14/h1-10,15-16H,11-12H2/t15-,16+. The lowest BCUT2D eigenvalue weighted by Crippen LogP contribution is -2.60. The molecule has 0 aromatic heterocycles. The van der Waals surface area contributed by atoms with Crippen LogP contribution in [0.5, 0.6) is 0 Å². The summed E-state index contributed by atoms with van der Waals surface area (Å²) in [6, 6.07) is 19.9. The molecule has 22 heavy (non-hydrogen) atoms. The van der Waals surface area contributed by atoms with Gasteiger partial charge in [0.2, 0.25) is 0 Å². The summed E-state index contributed by atoms with van der Waals surface area (Å²) in [7, 11) is -0.689. The Morgan fingerprint density at radius 1 is 0.636 bits per heavy atom. The summed E-state index contributed by atoms with van der Waals surface area (Å²) in [5, 5.41) is 0. The van der Waals surface area contributed by atoms with Crippen molar-refractivity contribution in [1.29, 1.82) is 0 Å². The lowest BCUT2D eigenvalue weighted by molar-refractivity contribution is -0.0884. The van der Waals surface area contributed by atoms with Crippen molar-refractivity contribution in [3.05, 3.63) is 60.7 Å². The van der Waals surface area contributed by atoms with Crippen LogP contribution in [0.25, 0.3) is 0 Å². The van der Waals surface area contributed by atoms with Gasteiger partial charge in [0.25, 0.3) is 0 Å². The van der Waals surface area contributed by atoms with Gasteiger partial charge in [-0.15, -0.1) is 0 Å². The van der Waals surface area contributed by atoms with Crippen molar-refractivity contribution >= 4 is 25.2 Å². The Bertz CT molecular complexity index is 555. The monoisotopic (exact) mass is 294 g/mol. The summed E-state index contributed by atoms with van der Waals surface area (Å²) < 4.78 is 23.6. The lowest BCUT2D eigenvalue weighted by atomic mass is 9.75.